The molecule has 0 unspecified atom stereocenters. The predicted molar refractivity (Wildman–Crippen MR) is 58.5 cm³/mol. The summed E-state index contributed by atoms with van der Waals surface area (Å²) in [7, 11) is 3.70. The SMILES string of the molecule is C[n+]1[b-](O[N+](=O)[O-])[n+](C)[b-](O[N+](=O)[O-])[n+](C)[b-]1O[N+](=O)[O-]. The van der Waals surface area contributed by atoms with Gasteiger partial charge in [0.25, 0.3) is 15.3 Å². The molecule has 0 radical (unpaired) electrons. The van der Waals surface area contributed by atoms with Crippen molar-refractivity contribution in [2.75, 3.05) is 0 Å². The van der Waals surface area contributed by atoms with Crippen molar-refractivity contribution in [1.29, 1.82) is 0 Å². The fourth-order valence-corrected chi connectivity index (χ4v) is 1.87. The minimum absolute atomic E-state index is 0.978. The Morgan fingerprint density at radius 2 is 0.857 bits per heavy atom. The smallest absolute Gasteiger partial charge is 0.572 e. The molecule has 0 aliphatic carbocycles. The predicted octanol–water partition coefficient (Wildman–Crippen LogP) is -5.90. The van der Waals surface area contributed by atoms with E-state index in [9.17, 15) is 30.3 Å². The van der Waals surface area contributed by atoms with Crippen molar-refractivity contribution in [2.24, 2.45) is 21.1 Å². The molecule has 15 nitrogen and oxygen atoms in total. The second kappa shape index (κ2) is 6.10. The van der Waals surface area contributed by atoms with Crippen LogP contribution in [0.25, 0.3) is 0 Å². The quantitative estimate of drug-likeness (QED) is 0.366. The number of nitrogens with zero attached hydrogens (tertiary/aromatic N) is 6. The van der Waals surface area contributed by atoms with Crippen LogP contribution in [-0.4, -0.2) is 35.8 Å². The zero-order chi connectivity index (χ0) is 16.3. The van der Waals surface area contributed by atoms with Gasteiger partial charge in [-0.2, -0.15) is 0 Å². The summed E-state index contributed by atoms with van der Waals surface area (Å²) < 4.78 is 15.9. The second-order valence-electron chi connectivity index (χ2n) is 3.96. The molecule has 0 spiro atoms. The molecule has 21 heavy (non-hydrogen) atoms. The third-order valence-electron chi connectivity index (χ3n) is 2.63. The van der Waals surface area contributed by atoms with Gasteiger partial charge in [0.2, 0.25) is 0 Å². The van der Waals surface area contributed by atoms with E-state index in [-0.39, 0.29) is 0 Å². The van der Waals surface area contributed by atoms with Gasteiger partial charge in [0.05, 0.1) is 0 Å². The van der Waals surface area contributed by atoms with E-state index in [1.165, 1.54) is 21.1 Å². The molecule has 0 N–H and O–H groups in total. The van der Waals surface area contributed by atoms with E-state index in [1.54, 1.807) is 0 Å². The van der Waals surface area contributed by atoms with Crippen LogP contribution in [0.2, 0.25) is 0 Å². The summed E-state index contributed by atoms with van der Waals surface area (Å²) in [5.74, 6) is 0. The average Bonchev–Trinajstić information content (AvgIpc) is 2.35. The Morgan fingerprint density at radius 1 is 0.667 bits per heavy atom. The molecule has 1 aromatic rings. The molecule has 114 valence electrons. The van der Waals surface area contributed by atoms with Gasteiger partial charge in [0.1, 0.15) is 0 Å². The lowest BCUT2D eigenvalue weighted by atomic mass is 9.91. The summed E-state index contributed by atoms with van der Waals surface area (Å²) >= 11 is 0. The first-order valence-corrected chi connectivity index (χ1v) is 5.24. The van der Waals surface area contributed by atoms with E-state index in [4.69, 9.17) is 0 Å². The van der Waals surface area contributed by atoms with E-state index in [1.807, 2.05) is 0 Å². The van der Waals surface area contributed by atoms with Gasteiger partial charge in [-0.15, -0.1) is 30.3 Å². The maximum Gasteiger partial charge on any atom is 0.615 e. The molecule has 0 amide bonds. The molecule has 0 aromatic carbocycles. The Hall–Kier alpha value is -2.81. The van der Waals surface area contributed by atoms with Crippen molar-refractivity contribution >= 4 is 20.5 Å². The standard InChI is InChI=1S/C3H9B3N6O9/c1-7-4(19-10(13)14)8(2)6(21-12(17)18)9(3)5(7)20-11(15)16/h1-3H3. The topological polar surface area (TPSA) is 169 Å². The molecule has 0 saturated heterocycles. The van der Waals surface area contributed by atoms with Gasteiger partial charge in [0, 0.05) is 21.1 Å². The summed E-state index contributed by atoms with van der Waals surface area (Å²) in [4.78, 5) is 31.4. The van der Waals surface area contributed by atoms with Crippen molar-refractivity contribution in [2.45, 2.75) is 0 Å². The lowest BCUT2D eigenvalue weighted by Crippen LogP contribution is -2.85. The monoisotopic (exact) mass is 306 g/mol. The highest BCUT2D eigenvalue weighted by molar-refractivity contribution is 6.39. The van der Waals surface area contributed by atoms with Gasteiger partial charge in [0.15, 0.2) is 0 Å². The minimum atomic E-state index is -1.49. The molecule has 0 bridgehead atoms. The second-order valence-corrected chi connectivity index (χ2v) is 3.96. The lowest BCUT2D eigenvalue weighted by Gasteiger charge is -2.26. The first-order chi connectivity index (χ1) is 9.65. The fraction of sp³-hybridized carbons (Fsp3) is 1.00. The molecular weight excluding hydrogens is 297 g/mol. The van der Waals surface area contributed by atoms with Gasteiger partial charge >= 0.3 is 20.5 Å². The summed E-state index contributed by atoms with van der Waals surface area (Å²) in [5.41, 5.74) is 0. The van der Waals surface area contributed by atoms with Crippen LogP contribution in [-0.2, 0) is 21.1 Å². The zero-order valence-electron chi connectivity index (χ0n) is 11.1. The average molecular weight is 306 g/mol. The van der Waals surface area contributed by atoms with Crippen LogP contribution in [0.1, 0.15) is 0 Å². The summed E-state index contributed by atoms with van der Waals surface area (Å²) in [6.07, 6.45) is 0. The number of rotatable bonds is 6. The number of hydrogen-bond acceptors (Lipinski definition) is 9. The molecule has 1 heterocycles. The Bertz CT molecular complexity index is 529. The summed E-state index contributed by atoms with van der Waals surface area (Å²) in [6, 6.07) is 0. The molecule has 0 fully saturated rings. The van der Waals surface area contributed by atoms with Gasteiger partial charge < -0.3 is 27.4 Å². The molecule has 0 aliphatic heterocycles. The normalized spacial score (nSPS) is 9.86. The van der Waals surface area contributed by atoms with Crippen LogP contribution < -0.4 is 27.4 Å². The van der Waals surface area contributed by atoms with E-state index in [2.05, 4.69) is 14.3 Å². The highest BCUT2D eigenvalue weighted by Crippen LogP contribution is 1.68. The van der Waals surface area contributed by atoms with Gasteiger partial charge in [-0.25, -0.2) is 0 Å². The number of hydrogen-bond donors (Lipinski definition) is 0. The van der Waals surface area contributed by atoms with Crippen molar-refractivity contribution in [3.05, 3.63) is 30.3 Å². The third kappa shape index (κ3) is 3.60. The van der Waals surface area contributed by atoms with Crippen molar-refractivity contribution in [3.63, 3.8) is 0 Å². The van der Waals surface area contributed by atoms with Crippen LogP contribution in [0.3, 0.4) is 0 Å². The maximum atomic E-state index is 10.5. The Labute approximate surface area is 116 Å². The van der Waals surface area contributed by atoms with E-state index in [0.717, 1.165) is 13.1 Å². The Kier molecular flexibility index (Phi) is 4.72. The Morgan fingerprint density at radius 3 is 1.00 bits per heavy atom. The van der Waals surface area contributed by atoms with Crippen molar-refractivity contribution in [1.82, 2.24) is 0 Å². The van der Waals surface area contributed by atoms with Crippen LogP contribution in [0.5, 0.6) is 0 Å². The van der Waals surface area contributed by atoms with Crippen LogP contribution in [0.4, 0.5) is 0 Å². The van der Waals surface area contributed by atoms with Crippen LogP contribution >= 0.6 is 0 Å². The molecule has 0 aliphatic rings. The first-order valence-electron chi connectivity index (χ1n) is 5.24. The van der Waals surface area contributed by atoms with Crippen LogP contribution in [0, 0.1) is 30.3 Å². The third-order valence-corrected chi connectivity index (χ3v) is 2.63. The first kappa shape index (κ1) is 16.2. The minimum Gasteiger partial charge on any atom is -0.572 e. The molecular formula is C3H9B3N6O9. The highest BCUT2D eigenvalue weighted by Gasteiger charge is 2.27. The molecule has 0 atom stereocenters. The molecule has 1 aromatic heterocycles. The molecule has 0 saturated carbocycles. The number of aromatic nitrogens is 3. The van der Waals surface area contributed by atoms with Crippen LogP contribution in [0.15, 0.2) is 0 Å². The fourth-order valence-electron chi connectivity index (χ4n) is 1.87. The van der Waals surface area contributed by atoms with E-state index < -0.39 is 35.8 Å². The van der Waals surface area contributed by atoms with E-state index >= 15 is 0 Å². The molecule has 1 rings (SSSR count). The molecule has 18 heteroatoms. The van der Waals surface area contributed by atoms with Crippen molar-refractivity contribution in [3.8, 4) is 0 Å². The van der Waals surface area contributed by atoms with Gasteiger partial charge in [-0.1, -0.05) is 0 Å². The summed E-state index contributed by atoms with van der Waals surface area (Å²) in [5, 5.41) is 28.0. The van der Waals surface area contributed by atoms with Gasteiger partial charge in [-0.05, 0) is 0 Å². The highest BCUT2D eigenvalue weighted by atomic mass is 17.0. The van der Waals surface area contributed by atoms with Gasteiger partial charge in [-0.3, -0.25) is 0 Å². The lowest BCUT2D eigenvalue weighted by molar-refractivity contribution is -0.833. The largest absolute Gasteiger partial charge is 0.615 e. The van der Waals surface area contributed by atoms with E-state index in [0.29, 0.717) is 0 Å². The maximum absolute atomic E-state index is 10.5. The van der Waals surface area contributed by atoms with Crippen molar-refractivity contribution < 1.29 is 42.7 Å². The summed E-state index contributed by atoms with van der Waals surface area (Å²) in [6.45, 7) is -4.48. The zero-order valence-corrected chi connectivity index (χ0v) is 11.1. The Balaban J connectivity index is 3.60.